The SMILES string of the molecule is CC[C@H]1CN(c2nc(N)c(C(=O)NCCNS(=O)(=O)CC)nc2Cl)CCN1C1CCN(Cc2ccc(C#N)cc2)CC1. The number of piperidine rings is 1. The van der Waals surface area contributed by atoms with Crippen molar-refractivity contribution in [3.05, 3.63) is 46.2 Å². The van der Waals surface area contributed by atoms with Gasteiger partial charge in [0.25, 0.3) is 5.91 Å². The van der Waals surface area contributed by atoms with E-state index in [1.807, 2.05) is 24.3 Å². The molecule has 0 unspecified atom stereocenters. The molecule has 4 N–H and O–H groups in total. The number of piperazine rings is 1. The molecule has 12 nitrogen and oxygen atoms in total. The van der Waals surface area contributed by atoms with Crippen LogP contribution >= 0.6 is 11.6 Å². The first-order valence-corrected chi connectivity index (χ1v) is 16.5. The summed E-state index contributed by atoms with van der Waals surface area (Å²) in [6, 6.07) is 10.8. The summed E-state index contributed by atoms with van der Waals surface area (Å²) in [7, 11) is -3.34. The Hall–Kier alpha value is -3.02. The van der Waals surface area contributed by atoms with Gasteiger partial charge in [-0.15, -0.1) is 0 Å². The molecule has 2 aliphatic heterocycles. The molecule has 0 saturated carbocycles. The minimum Gasteiger partial charge on any atom is -0.382 e. The fourth-order valence-electron chi connectivity index (χ4n) is 5.61. The lowest BCUT2D eigenvalue weighted by atomic mass is 9.97. The summed E-state index contributed by atoms with van der Waals surface area (Å²) < 4.78 is 25.5. The molecule has 1 aromatic carbocycles. The van der Waals surface area contributed by atoms with Crippen LogP contribution in [0.15, 0.2) is 24.3 Å². The van der Waals surface area contributed by atoms with E-state index in [1.54, 1.807) is 0 Å². The van der Waals surface area contributed by atoms with E-state index in [4.69, 9.17) is 22.6 Å². The Morgan fingerprint density at radius 1 is 1.12 bits per heavy atom. The van der Waals surface area contributed by atoms with Crippen molar-refractivity contribution in [2.45, 2.75) is 51.7 Å². The minimum absolute atomic E-state index is 0.0221. The second-order valence-corrected chi connectivity index (χ2v) is 13.1. The molecule has 1 atom stereocenters. The summed E-state index contributed by atoms with van der Waals surface area (Å²) in [5.41, 5.74) is 7.96. The van der Waals surface area contributed by atoms with Crippen LogP contribution in [0.3, 0.4) is 0 Å². The number of carbonyl (C=O) groups is 1. The van der Waals surface area contributed by atoms with Gasteiger partial charge in [-0.25, -0.2) is 23.1 Å². The Morgan fingerprint density at radius 3 is 2.48 bits per heavy atom. The van der Waals surface area contributed by atoms with Crippen molar-refractivity contribution in [2.75, 3.05) is 62.2 Å². The minimum atomic E-state index is -3.34. The number of amides is 1. The number of likely N-dealkylation sites (tertiary alicyclic amines) is 1. The van der Waals surface area contributed by atoms with Crippen LogP contribution in [0.1, 0.15) is 54.7 Å². The fraction of sp³-hybridized carbons (Fsp3) is 0.571. The molecule has 1 aromatic heterocycles. The van der Waals surface area contributed by atoms with E-state index in [-0.39, 0.29) is 35.5 Å². The Morgan fingerprint density at radius 2 is 1.83 bits per heavy atom. The monoisotopic (exact) mass is 617 g/mol. The number of hydrogen-bond acceptors (Lipinski definition) is 10. The fourth-order valence-corrected chi connectivity index (χ4v) is 6.48. The van der Waals surface area contributed by atoms with Gasteiger partial charge in [0, 0.05) is 51.4 Å². The summed E-state index contributed by atoms with van der Waals surface area (Å²) in [5.74, 6) is -0.155. The molecule has 0 bridgehead atoms. The second kappa shape index (κ2) is 14.4. The van der Waals surface area contributed by atoms with Gasteiger partial charge < -0.3 is 16.0 Å². The first-order valence-electron chi connectivity index (χ1n) is 14.4. The van der Waals surface area contributed by atoms with Crippen LogP contribution < -0.4 is 20.7 Å². The van der Waals surface area contributed by atoms with E-state index in [2.05, 4.69) is 47.7 Å². The van der Waals surface area contributed by atoms with Gasteiger partial charge in [0.15, 0.2) is 22.5 Å². The lowest BCUT2D eigenvalue weighted by Crippen LogP contribution is -2.58. The van der Waals surface area contributed by atoms with Gasteiger partial charge in [0.05, 0.1) is 17.4 Å². The third-order valence-corrected chi connectivity index (χ3v) is 9.66. The van der Waals surface area contributed by atoms with E-state index < -0.39 is 15.9 Å². The van der Waals surface area contributed by atoms with Crippen LogP contribution in [0.2, 0.25) is 5.15 Å². The number of sulfonamides is 1. The maximum Gasteiger partial charge on any atom is 0.273 e. The van der Waals surface area contributed by atoms with Crippen molar-refractivity contribution in [1.29, 1.82) is 5.26 Å². The Labute approximate surface area is 253 Å². The highest BCUT2D eigenvalue weighted by molar-refractivity contribution is 7.89. The molecule has 42 heavy (non-hydrogen) atoms. The number of nitrogens with zero attached hydrogens (tertiary/aromatic N) is 6. The molecular formula is C28H40ClN9O3S. The van der Waals surface area contributed by atoms with Gasteiger partial charge in [-0.3, -0.25) is 14.6 Å². The van der Waals surface area contributed by atoms with Gasteiger partial charge in [0.1, 0.15) is 0 Å². The third kappa shape index (κ3) is 8.08. The molecule has 3 heterocycles. The van der Waals surface area contributed by atoms with E-state index in [1.165, 1.54) is 12.5 Å². The van der Waals surface area contributed by atoms with Crippen molar-refractivity contribution in [3.63, 3.8) is 0 Å². The maximum absolute atomic E-state index is 12.6. The zero-order valence-electron chi connectivity index (χ0n) is 24.2. The third-order valence-electron chi connectivity index (χ3n) is 8.01. The average molecular weight is 618 g/mol. The first kappa shape index (κ1) is 31.9. The smallest absolute Gasteiger partial charge is 0.273 e. The number of aromatic nitrogens is 2. The van der Waals surface area contributed by atoms with Crippen molar-refractivity contribution in [2.24, 2.45) is 0 Å². The second-order valence-electron chi connectivity index (χ2n) is 10.7. The Balaban J connectivity index is 1.31. The number of nitrogen functional groups attached to an aromatic ring is 1. The zero-order chi connectivity index (χ0) is 30.3. The molecule has 14 heteroatoms. The molecule has 2 aliphatic rings. The average Bonchev–Trinajstić information content (AvgIpc) is 3.00. The van der Waals surface area contributed by atoms with Crippen LogP contribution in [0.25, 0.3) is 0 Å². The molecule has 2 fully saturated rings. The van der Waals surface area contributed by atoms with Crippen molar-refractivity contribution in [3.8, 4) is 6.07 Å². The number of nitrogens with one attached hydrogen (secondary N) is 2. The van der Waals surface area contributed by atoms with Crippen LogP contribution in [0.4, 0.5) is 11.6 Å². The normalized spacial score (nSPS) is 19.0. The summed E-state index contributed by atoms with van der Waals surface area (Å²) in [4.78, 5) is 28.5. The van der Waals surface area contributed by atoms with Crippen LogP contribution in [0.5, 0.6) is 0 Å². The molecule has 4 rings (SSSR count). The summed E-state index contributed by atoms with van der Waals surface area (Å²) >= 11 is 6.52. The number of hydrogen-bond donors (Lipinski definition) is 3. The highest BCUT2D eigenvalue weighted by atomic mass is 35.5. The number of halogens is 1. The number of nitriles is 1. The highest BCUT2D eigenvalue weighted by Crippen LogP contribution is 2.30. The van der Waals surface area contributed by atoms with Crippen molar-refractivity contribution in [1.82, 2.24) is 29.8 Å². The topological polar surface area (TPSA) is 161 Å². The number of rotatable bonds is 11. The number of anilines is 2. The van der Waals surface area contributed by atoms with Gasteiger partial charge >= 0.3 is 0 Å². The predicted octanol–water partition coefficient (Wildman–Crippen LogP) is 1.82. The molecule has 2 saturated heterocycles. The van der Waals surface area contributed by atoms with Crippen molar-refractivity contribution >= 4 is 39.2 Å². The zero-order valence-corrected chi connectivity index (χ0v) is 25.8. The Bertz CT molecular complexity index is 1380. The largest absolute Gasteiger partial charge is 0.382 e. The molecule has 1 amide bonds. The summed E-state index contributed by atoms with van der Waals surface area (Å²) in [6.07, 6.45) is 3.18. The van der Waals surface area contributed by atoms with Crippen LogP contribution in [-0.4, -0.2) is 97.7 Å². The van der Waals surface area contributed by atoms with Gasteiger partial charge in [0.2, 0.25) is 10.0 Å². The molecule has 0 aliphatic carbocycles. The van der Waals surface area contributed by atoms with Crippen LogP contribution in [0, 0.1) is 11.3 Å². The first-order chi connectivity index (χ1) is 20.1. The van der Waals surface area contributed by atoms with E-state index in [9.17, 15) is 13.2 Å². The lowest BCUT2D eigenvalue weighted by molar-refractivity contribution is 0.0610. The van der Waals surface area contributed by atoms with Crippen molar-refractivity contribution < 1.29 is 13.2 Å². The van der Waals surface area contributed by atoms with Gasteiger partial charge in [-0.2, -0.15) is 5.26 Å². The van der Waals surface area contributed by atoms with E-state index >= 15 is 0 Å². The Kier molecular flexibility index (Phi) is 11.0. The molecule has 0 radical (unpaired) electrons. The highest BCUT2D eigenvalue weighted by Gasteiger charge is 2.34. The molecular weight excluding hydrogens is 578 g/mol. The number of carbonyl (C=O) groups excluding carboxylic acids is 1. The van der Waals surface area contributed by atoms with E-state index in [0.29, 0.717) is 23.5 Å². The standard InChI is InChI=1S/C28H40ClN9O3S/c1-3-22-19-37(27-25(29)34-24(26(31)35-27)28(39)32-11-12-33-42(40,41)4-2)15-16-38(22)23-9-13-36(14-10-23)18-21-7-5-20(17-30)6-8-21/h5-8,22-23,33H,3-4,9-16,18-19H2,1-2H3,(H2,31,35)(H,32,39)/t22-/m0/s1. The summed E-state index contributed by atoms with van der Waals surface area (Å²) in [5, 5.41) is 11.7. The van der Waals surface area contributed by atoms with E-state index in [0.717, 1.165) is 58.5 Å². The number of benzene rings is 1. The molecule has 228 valence electrons. The summed E-state index contributed by atoms with van der Waals surface area (Å²) in [6.45, 7) is 9.14. The van der Waals surface area contributed by atoms with Gasteiger partial charge in [-0.05, 0) is 57.0 Å². The molecule has 2 aromatic rings. The lowest BCUT2D eigenvalue weighted by Gasteiger charge is -2.47. The van der Waals surface area contributed by atoms with Crippen LogP contribution in [-0.2, 0) is 16.6 Å². The predicted molar refractivity (Wildman–Crippen MR) is 164 cm³/mol. The maximum atomic E-state index is 12.6. The quantitative estimate of drug-likeness (QED) is 0.317. The number of nitrogens with two attached hydrogens (primary N) is 1. The van der Waals surface area contributed by atoms with Gasteiger partial charge in [-0.1, -0.05) is 30.7 Å². The molecule has 0 spiro atoms.